The SMILES string of the molecule is CCCC1(CC)Nc2ccccc2C(=O)N1CCCCNc1ccc(SC(C)(C)C(=O)O)cc1. The van der Waals surface area contributed by atoms with E-state index in [-0.39, 0.29) is 11.6 Å². The molecule has 0 aromatic heterocycles. The van der Waals surface area contributed by atoms with Crippen molar-refractivity contribution in [3.05, 3.63) is 54.1 Å². The number of benzene rings is 2. The molecule has 3 rings (SSSR count). The quantitative estimate of drug-likeness (QED) is 0.242. The minimum atomic E-state index is -0.859. The van der Waals surface area contributed by atoms with E-state index in [1.165, 1.54) is 11.8 Å². The minimum Gasteiger partial charge on any atom is -0.480 e. The summed E-state index contributed by atoms with van der Waals surface area (Å²) in [5.41, 5.74) is 2.38. The molecule has 0 bridgehead atoms. The number of carboxylic acid groups (broad SMARTS) is 1. The highest BCUT2D eigenvalue weighted by Gasteiger charge is 2.42. The average molecular weight is 484 g/mol. The normalized spacial score (nSPS) is 17.8. The number of amides is 1. The lowest BCUT2D eigenvalue weighted by molar-refractivity contribution is -0.138. The summed E-state index contributed by atoms with van der Waals surface area (Å²) < 4.78 is -0.859. The standard InChI is InChI=1S/C27H37N3O3S/c1-5-17-27(6-2)29-23-12-8-7-11-22(23)24(31)30(27)19-10-9-18-28-20-13-15-21(16-14-20)34-26(3,4)25(32)33/h7-8,11-16,28-29H,5-6,9-10,17-19H2,1-4H3,(H,32,33). The molecule has 1 aliphatic heterocycles. The van der Waals surface area contributed by atoms with Crippen LogP contribution in [0.25, 0.3) is 0 Å². The predicted octanol–water partition coefficient (Wildman–Crippen LogP) is 6.31. The number of fused-ring (bicyclic) bond motifs is 1. The van der Waals surface area contributed by atoms with E-state index in [1.807, 2.05) is 48.5 Å². The smallest absolute Gasteiger partial charge is 0.319 e. The van der Waals surface area contributed by atoms with E-state index in [0.29, 0.717) is 0 Å². The molecule has 0 saturated heterocycles. The number of carbonyl (C=O) groups excluding carboxylic acids is 1. The van der Waals surface area contributed by atoms with Gasteiger partial charge in [0.15, 0.2) is 0 Å². The van der Waals surface area contributed by atoms with Crippen molar-refractivity contribution < 1.29 is 14.7 Å². The van der Waals surface area contributed by atoms with Crippen molar-refractivity contribution in [2.24, 2.45) is 0 Å². The molecule has 0 spiro atoms. The van der Waals surface area contributed by atoms with E-state index in [0.717, 1.165) is 67.0 Å². The van der Waals surface area contributed by atoms with Crippen LogP contribution >= 0.6 is 11.8 Å². The largest absolute Gasteiger partial charge is 0.480 e. The molecule has 1 heterocycles. The monoisotopic (exact) mass is 483 g/mol. The van der Waals surface area contributed by atoms with E-state index >= 15 is 0 Å². The number of carbonyl (C=O) groups is 2. The van der Waals surface area contributed by atoms with Gasteiger partial charge in [-0.1, -0.05) is 32.4 Å². The first-order chi connectivity index (χ1) is 16.2. The zero-order chi connectivity index (χ0) is 24.8. The highest BCUT2D eigenvalue weighted by Crippen LogP contribution is 2.36. The Morgan fingerprint density at radius 2 is 1.82 bits per heavy atom. The maximum absolute atomic E-state index is 13.4. The van der Waals surface area contributed by atoms with Crippen LogP contribution in [0.3, 0.4) is 0 Å². The van der Waals surface area contributed by atoms with Crippen molar-refractivity contribution in [2.75, 3.05) is 23.7 Å². The van der Waals surface area contributed by atoms with Gasteiger partial charge in [-0.05, 0) is 75.9 Å². The van der Waals surface area contributed by atoms with E-state index in [4.69, 9.17) is 0 Å². The van der Waals surface area contributed by atoms with Gasteiger partial charge in [0.25, 0.3) is 5.91 Å². The Morgan fingerprint density at radius 3 is 2.47 bits per heavy atom. The molecule has 1 atom stereocenters. The number of nitrogens with one attached hydrogen (secondary N) is 2. The molecule has 2 aromatic rings. The van der Waals surface area contributed by atoms with Crippen molar-refractivity contribution in [1.82, 2.24) is 4.90 Å². The number of nitrogens with zero attached hydrogens (tertiary/aromatic N) is 1. The molecule has 1 aliphatic rings. The van der Waals surface area contributed by atoms with Crippen molar-refractivity contribution >= 4 is 35.0 Å². The fourth-order valence-electron chi connectivity index (χ4n) is 4.43. The molecular weight excluding hydrogens is 446 g/mol. The topological polar surface area (TPSA) is 81.7 Å². The Balaban J connectivity index is 1.54. The molecule has 0 fully saturated rings. The Hall–Kier alpha value is -2.67. The van der Waals surface area contributed by atoms with Gasteiger partial charge in [-0.15, -0.1) is 11.8 Å². The van der Waals surface area contributed by atoms with Crippen LogP contribution in [0.1, 0.15) is 70.2 Å². The third kappa shape index (κ3) is 5.87. The lowest BCUT2D eigenvalue weighted by atomic mass is 9.92. The molecule has 2 aromatic carbocycles. The number of hydrogen-bond acceptors (Lipinski definition) is 5. The highest BCUT2D eigenvalue weighted by molar-refractivity contribution is 8.01. The predicted molar refractivity (Wildman–Crippen MR) is 141 cm³/mol. The maximum Gasteiger partial charge on any atom is 0.319 e. The summed E-state index contributed by atoms with van der Waals surface area (Å²) in [4.78, 5) is 27.7. The molecule has 0 saturated carbocycles. The first-order valence-electron chi connectivity index (χ1n) is 12.2. The third-order valence-corrected chi connectivity index (χ3v) is 7.61. The molecular formula is C27H37N3O3S. The molecule has 0 radical (unpaired) electrons. The van der Waals surface area contributed by atoms with E-state index < -0.39 is 10.7 Å². The summed E-state index contributed by atoms with van der Waals surface area (Å²) in [6.07, 6.45) is 4.65. The maximum atomic E-state index is 13.4. The fraction of sp³-hybridized carbons (Fsp3) is 0.481. The number of anilines is 2. The Bertz CT molecular complexity index is 993. The van der Waals surface area contributed by atoms with Gasteiger partial charge in [0.2, 0.25) is 0 Å². The molecule has 34 heavy (non-hydrogen) atoms. The molecule has 6 nitrogen and oxygen atoms in total. The number of hydrogen-bond donors (Lipinski definition) is 3. The first kappa shape index (κ1) is 25.9. The Morgan fingerprint density at radius 1 is 1.12 bits per heavy atom. The van der Waals surface area contributed by atoms with Crippen LogP contribution in [0.2, 0.25) is 0 Å². The molecule has 184 valence electrons. The number of aliphatic carboxylic acids is 1. The van der Waals surface area contributed by atoms with E-state index in [1.54, 1.807) is 13.8 Å². The fourth-order valence-corrected chi connectivity index (χ4v) is 5.37. The number of thioether (sulfide) groups is 1. The van der Waals surface area contributed by atoms with Gasteiger partial charge < -0.3 is 20.6 Å². The zero-order valence-corrected chi connectivity index (χ0v) is 21.5. The second-order valence-corrected chi connectivity index (χ2v) is 11.0. The van der Waals surface area contributed by atoms with Crippen LogP contribution < -0.4 is 10.6 Å². The van der Waals surface area contributed by atoms with Gasteiger partial charge in [0, 0.05) is 29.4 Å². The molecule has 7 heteroatoms. The van der Waals surface area contributed by atoms with Crippen molar-refractivity contribution in [2.45, 2.75) is 75.1 Å². The third-order valence-electron chi connectivity index (χ3n) is 6.42. The van der Waals surface area contributed by atoms with Gasteiger partial charge in [-0.2, -0.15) is 0 Å². The number of carboxylic acids is 1. The second kappa shape index (κ2) is 11.2. The number of para-hydroxylation sites is 1. The van der Waals surface area contributed by atoms with Crippen LogP contribution in [0, 0.1) is 0 Å². The van der Waals surface area contributed by atoms with E-state index in [9.17, 15) is 14.7 Å². The van der Waals surface area contributed by atoms with Crippen LogP contribution in [-0.4, -0.2) is 45.4 Å². The van der Waals surface area contributed by atoms with Crippen LogP contribution in [0.4, 0.5) is 11.4 Å². The van der Waals surface area contributed by atoms with Crippen LogP contribution in [-0.2, 0) is 4.79 Å². The lowest BCUT2D eigenvalue weighted by Gasteiger charge is -2.48. The summed E-state index contributed by atoms with van der Waals surface area (Å²) >= 11 is 1.34. The summed E-state index contributed by atoms with van der Waals surface area (Å²) in [6, 6.07) is 15.7. The van der Waals surface area contributed by atoms with Crippen molar-refractivity contribution in [1.29, 1.82) is 0 Å². The average Bonchev–Trinajstić information content (AvgIpc) is 2.81. The molecule has 1 unspecified atom stereocenters. The Kier molecular flexibility index (Phi) is 8.52. The minimum absolute atomic E-state index is 0.120. The van der Waals surface area contributed by atoms with Gasteiger partial charge in [0.1, 0.15) is 10.4 Å². The summed E-state index contributed by atoms with van der Waals surface area (Å²) in [7, 11) is 0. The molecule has 3 N–H and O–H groups in total. The van der Waals surface area contributed by atoms with Crippen LogP contribution in [0.15, 0.2) is 53.4 Å². The lowest BCUT2D eigenvalue weighted by Crippen LogP contribution is -2.59. The first-order valence-corrected chi connectivity index (χ1v) is 13.0. The van der Waals surface area contributed by atoms with Gasteiger partial charge in [-0.25, -0.2) is 0 Å². The number of rotatable bonds is 12. The Labute approximate surface area is 207 Å². The molecule has 0 aliphatic carbocycles. The van der Waals surface area contributed by atoms with Crippen molar-refractivity contribution in [3.8, 4) is 0 Å². The molecule has 1 amide bonds. The van der Waals surface area contributed by atoms with Crippen LogP contribution in [0.5, 0.6) is 0 Å². The summed E-state index contributed by atoms with van der Waals surface area (Å²) in [6.45, 7) is 9.26. The summed E-state index contributed by atoms with van der Waals surface area (Å²) in [5.74, 6) is -0.702. The van der Waals surface area contributed by atoms with Gasteiger partial charge in [-0.3, -0.25) is 9.59 Å². The van der Waals surface area contributed by atoms with Crippen molar-refractivity contribution in [3.63, 3.8) is 0 Å². The second-order valence-electron chi connectivity index (χ2n) is 9.34. The van der Waals surface area contributed by atoms with E-state index in [2.05, 4.69) is 29.4 Å². The number of unbranched alkanes of at least 4 members (excludes halogenated alkanes) is 1. The summed E-state index contributed by atoms with van der Waals surface area (Å²) in [5, 5.41) is 16.4. The van der Waals surface area contributed by atoms with Gasteiger partial charge in [0.05, 0.1) is 5.56 Å². The highest BCUT2D eigenvalue weighted by atomic mass is 32.2. The zero-order valence-electron chi connectivity index (χ0n) is 20.7. The van der Waals surface area contributed by atoms with Gasteiger partial charge >= 0.3 is 5.97 Å².